The molecule has 2 heterocycles. The number of aromatic nitrogens is 4. The van der Waals surface area contributed by atoms with Gasteiger partial charge < -0.3 is 4.74 Å². The van der Waals surface area contributed by atoms with E-state index in [0.717, 1.165) is 0 Å². The summed E-state index contributed by atoms with van der Waals surface area (Å²) in [6.07, 6.45) is 2.92. The lowest BCUT2D eigenvalue weighted by Crippen LogP contribution is -2.23. The van der Waals surface area contributed by atoms with Crippen molar-refractivity contribution in [2.45, 2.75) is 13.0 Å². The first kappa shape index (κ1) is 15.2. The molecule has 0 aliphatic rings. The Bertz CT molecular complexity index is 915. The molecule has 0 atom stereocenters. The molecule has 0 aliphatic carbocycles. The Morgan fingerprint density at radius 1 is 1.30 bits per heavy atom. The summed E-state index contributed by atoms with van der Waals surface area (Å²) in [4.78, 5) is 28.3. The number of esters is 1. The summed E-state index contributed by atoms with van der Waals surface area (Å²) in [7, 11) is 1.71. The van der Waals surface area contributed by atoms with Crippen LogP contribution in [0.5, 0.6) is 5.75 Å². The van der Waals surface area contributed by atoms with E-state index in [1.807, 2.05) is 0 Å². The van der Waals surface area contributed by atoms with Crippen LogP contribution < -0.4 is 10.3 Å². The number of halogens is 1. The molecule has 2 aromatic heterocycles. The highest BCUT2D eigenvalue weighted by Crippen LogP contribution is 2.16. The van der Waals surface area contributed by atoms with E-state index in [1.54, 1.807) is 31.3 Å². The van der Waals surface area contributed by atoms with E-state index in [0.29, 0.717) is 21.8 Å². The van der Waals surface area contributed by atoms with Gasteiger partial charge in [-0.05, 0) is 24.3 Å². The fraction of sp³-hybridized carbons (Fsp3) is 0.200. The maximum absolute atomic E-state index is 12.3. The van der Waals surface area contributed by atoms with Crippen LogP contribution in [-0.4, -0.2) is 25.3 Å². The Balaban J connectivity index is 1.68. The Labute approximate surface area is 136 Å². The van der Waals surface area contributed by atoms with Gasteiger partial charge in [-0.25, -0.2) is 4.98 Å². The normalized spacial score (nSPS) is 10.9. The summed E-state index contributed by atoms with van der Waals surface area (Å²) in [5, 5.41) is 4.97. The van der Waals surface area contributed by atoms with Gasteiger partial charge in [0.15, 0.2) is 5.65 Å². The number of fused-ring (bicyclic) bond motifs is 1. The molecule has 0 radical (unpaired) electrons. The zero-order valence-corrected chi connectivity index (χ0v) is 13.0. The summed E-state index contributed by atoms with van der Waals surface area (Å²) in [5.74, 6) is -0.0295. The fourth-order valence-corrected chi connectivity index (χ4v) is 2.25. The number of carbonyl (C=O) groups is 1. The Morgan fingerprint density at radius 2 is 2.04 bits per heavy atom. The molecule has 0 aliphatic heterocycles. The van der Waals surface area contributed by atoms with Crippen LogP contribution in [0.3, 0.4) is 0 Å². The van der Waals surface area contributed by atoms with Crippen molar-refractivity contribution in [2.75, 3.05) is 0 Å². The molecule has 7 nitrogen and oxygen atoms in total. The molecule has 118 valence electrons. The topological polar surface area (TPSA) is 79.0 Å². The van der Waals surface area contributed by atoms with Crippen molar-refractivity contribution in [3.63, 3.8) is 0 Å². The van der Waals surface area contributed by atoms with Crippen LogP contribution in [0.4, 0.5) is 0 Å². The molecule has 0 saturated heterocycles. The zero-order valence-electron chi connectivity index (χ0n) is 12.3. The molecule has 3 aromatic rings. The van der Waals surface area contributed by atoms with Gasteiger partial charge in [0, 0.05) is 18.6 Å². The van der Waals surface area contributed by atoms with Gasteiger partial charge in [0.25, 0.3) is 5.56 Å². The third kappa shape index (κ3) is 3.24. The van der Waals surface area contributed by atoms with Crippen molar-refractivity contribution in [3.05, 3.63) is 52.2 Å². The van der Waals surface area contributed by atoms with Gasteiger partial charge in [0.2, 0.25) is 0 Å². The molecule has 0 spiro atoms. The molecule has 0 bridgehead atoms. The third-order valence-electron chi connectivity index (χ3n) is 3.32. The van der Waals surface area contributed by atoms with Crippen molar-refractivity contribution in [1.29, 1.82) is 0 Å². The lowest BCUT2D eigenvalue weighted by atomic mass is 10.3. The minimum atomic E-state index is -0.439. The second-order valence-electron chi connectivity index (χ2n) is 4.93. The number of hydrogen-bond donors (Lipinski definition) is 0. The lowest BCUT2D eigenvalue weighted by molar-refractivity contribution is -0.134. The summed E-state index contributed by atoms with van der Waals surface area (Å²) in [5.41, 5.74) is 0.275. The first-order valence-corrected chi connectivity index (χ1v) is 7.26. The highest BCUT2D eigenvalue weighted by atomic mass is 35.5. The fourth-order valence-electron chi connectivity index (χ4n) is 2.12. The van der Waals surface area contributed by atoms with Crippen LogP contribution in [0.25, 0.3) is 11.0 Å². The monoisotopic (exact) mass is 332 g/mol. The van der Waals surface area contributed by atoms with E-state index in [1.165, 1.54) is 21.8 Å². The first-order valence-electron chi connectivity index (χ1n) is 6.88. The average molecular weight is 333 g/mol. The van der Waals surface area contributed by atoms with Crippen LogP contribution >= 0.6 is 11.6 Å². The molecule has 3 rings (SSSR count). The first-order chi connectivity index (χ1) is 11.0. The molecular weight excluding hydrogens is 320 g/mol. The number of ether oxygens (including phenoxy) is 1. The van der Waals surface area contributed by atoms with Crippen molar-refractivity contribution in [1.82, 2.24) is 19.3 Å². The number of rotatable bonds is 4. The van der Waals surface area contributed by atoms with Crippen LogP contribution in [0.1, 0.15) is 6.42 Å². The molecular formula is C15H13ClN4O3. The predicted octanol–water partition coefficient (Wildman–Crippen LogP) is 1.78. The van der Waals surface area contributed by atoms with Gasteiger partial charge in [0.05, 0.1) is 18.9 Å². The minimum absolute atomic E-state index is 0.0516. The van der Waals surface area contributed by atoms with E-state index in [-0.39, 0.29) is 18.5 Å². The molecule has 0 N–H and O–H groups in total. The van der Waals surface area contributed by atoms with Gasteiger partial charge >= 0.3 is 5.97 Å². The SMILES string of the molecule is Cn1ncc2c(=O)n(CCC(=O)Oc3ccc(Cl)cc3)cnc21. The van der Waals surface area contributed by atoms with Gasteiger partial charge in [-0.15, -0.1) is 0 Å². The largest absolute Gasteiger partial charge is 0.426 e. The molecule has 23 heavy (non-hydrogen) atoms. The van der Waals surface area contributed by atoms with Crippen LogP contribution in [0.2, 0.25) is 5.02 Å². The smallest absolute Gasteiger partial charge is 0.312 e. The van der Waals surface area contributed by atoms with E-state index in [4.69, 9.17) is 16.3 Å². The van der Waals surface area contributed by atoms with E-state index in [9.17, 15) is 9.59 Å². The van der Waals surface area contributed by atoms with Crippen LogP contribution in [0, 0.1) is 0 Å². The Morgan fingerprint density at radius 3 is 2.78 bits per heavy atom. The number of nitrogens with zero attached hydrogens (tertiary/aromatic N) is 4. The van der Waals surface area contributed by atoms with Crippen molar-refractivity contribution in [3.8, 4) is 5.75 Å². The number of hydrogen-bond acceptors (Lipinski definition) is 5. The highest BCUT2D eigenvalue weighted by Gasteiger charge is 2.10. The van der Waals surface area contributed by atoms with Gasteiger partial charge in [-0.1, -0.05) is 11.6 Å². The molecule has 1 aromatic carbocycles. The minimum Gasteiger partial charge on any atom is -0.426 e. The van der Waals surface area contributed by atoms with E-state index < -0.39 is 5.97 Å². The third-order valence-corrected chi connectivity index (χ3v) is 3.57. The van der Waals surface area contributed by atoms with E-state index >= 15 is 0 Å². The maximum Gasteiger partial charge on any atom is 0.312 e. The van der Waals surface area contributed by atoms with Gasteiger partial charge in [-0.2, -0.15) is 5.10 Å². The summed E-state index contributed by atoms with van der Waals surface area (Å²) >= 11 is 5.76. The molecule has 8 heteroatoms. The molecule has 0 unspecified atom stereocenters. The molecule has 0 fully saturated rings. The Hall–Kier alpha value is -2.67. The number of aryl methyl sites for hydroxylation is 2. The van der Waals surface area contributed by atoms with Crippen molar-refractivity contribution >= 4 is 28.6 Å². The highest BCUT2D eigenvalue weighted by molar-refractivity contribution is 6.30. The van der Waals surface area contributed by atoms with Crippen molar-refractivity contribution < 1.29 is 9.53 Å². The average Bonchev–Trinajstić information content (AvgIpc) is 2.91. The van der Waals surface area contributed by atoms with Crippen LogP contribution in [-0.2, 0) is 18.4 Å². The second kappa shape index (κ2) is 6.21. The summed E-state index contributed by atoms with van der Waals surface area (Å²) < 4.78 is 8.06. The number of carbonyl (C=O) groups excluding carboxylic acids is 1. The molecule has 0 amide bonds. The van der Waals surface area contributed by atoms with Gasteiger partial charge in [-0.3, -0.25) is 18.8 Å². The lowest BCUT2D eigenvalue weighted by Gasteiger charge is -2.06. The standard InChI is InChI=1S/C15H13ClN4O3/c1-19-14-12(8-18-19)15(22)20(9-17-14)7-6-13(21)23-11-4-2-10(16)3-5-11/h2-5,8-9H,6-7H2,1H3. The quantitative estimate of drug-likeness (QED) is 0.537. The number of benzene rings is 1. The van der Waals surface area contributed by atoms with E-state index in [2.05, 4.69) is 10.1 Å². The maximum atomic E-state index is 12.3. The Kier molecular flexibility index (Phi) is 4.12. The predicted molar refractivity (Wildman–Crippen MR) is 84.5 cm³/mol. The zero-order chi connectivity index (χ0) is 16.4. The van der Waals surface area contributed by atoms with Crippen molar-refractivity contribution in [2.24, 2.45) is 7.05 Å². The second-order valence-corrected chi connectivity index (χ2v) is 5.36. The summed E-state index contributed by atoms with van der Waals surface area (Å²) in [6, 6.07) is 6.48. The van der Waals surface area contributed by atoms with Crippen LogP contribution in [0.15, 0.2) is 41.6 Å². The molecule has 0 saturated carbocycles. The summed E-state index contributed by atoms with van der Waals surface area (Å²) in [6.45, 7) is 0.184. The van der Waals surface area contributed by atoms with Gasteiger partial charge in [0.1, 0.15) is 11.1 Å².